The summed E-state index contributed by atoms with van der Waals surface area (Å²) in [6, 6.07) is 0. The van der Waals surface area contributed by atoms with E-state index in [4.69, 9.17) is 9.59 Å². The molecule has 4 heavy (non-hydrogen) atoms. The van der Waals surface area contributed by atoms with Crippen molar-refractivity contribution < 1.29 is 30.7 Å². The van der Waals surface area contributed by atoms with Gasteiger partial charge in [0.05, 0.1) is 0 Å². The molecule has 0 aliphatic heterocycles. The van der Waals surface area contributed by atoms with Crippen LogP contribution in [0.1, 0.15) is 0 Å². The molecule has 0 aromatic carbocycles. The molecule has 0 heterocycles. The zero-order valence-electron chi connectivity index (χ0n) is 1.72. The van der Waals surface area contributed by atoms with Crippen LogP contribution < -0.4 is 0 Å². The molecule has 0 bridgehead atoms. The van der Waals surface area contributed by atoms with E-state index in [0.29, 0.717) is 0 Å². The van der Waals surface area contributed by atoms with Gasteiger partial charge in [-0.15, -0.1) is 0 Å². The Balaban J connectivity index is 0. The van der Waals surface area contributed by atoms with Crippen LogP contribution in [0.2, 0.25) is 0 Å². The monoisotopic (exact) mass is 228 g/mol. The molecule has 0 saturated heterocycles. The second-order valence-electron chi connectivity index (χ2n) is 0.0833. The molecule has 0 aromatic heterocycles. The molecule has 0 aromatic rings. The van der Waals surface area contributed by atoms with Gasteiger partial charge >= 0.3 is 6.15 Å². The van der Waals surface area contributed by atoms with Gasteiger partial charge in [-0.1, -0.05) is 0 Å². The molecule has 0 aliphatic carbocycles. The fraction of sp³-hybridized carbons (Fsp3) is 0. The molecule has 0 atom stereocenters. The Morgan fingerprint density at radius 1 is 1.25 bits per heavy atom. The third-order valence-electron chi connectivity index (χ3n) is 0. The Morgan fingerprint density at radius 2 is 1.25 bits per heavy atom. The van der Waals surface area contributed by atoms with Crippen molar-refractivity contribution in [3.05, 3.63) is 0 Å². The van der Waals surface area contributed by atoms with Crippen molar-refractivity contribution in [3.63, 3.8) is 0 Å². The molecule has 0 saturated carbocycles. The summed E-state index contributed by atoms with van der Waals surface area (Å²) in [7, 11) is 0. The van der Waals surface area contributed by atoms with Crippen LogP contribution in [-0.2, 0) is 30.7 Å². The Morgan fingerprint density at radius 3 is 1.25 bits per heavy atom. The molecule has 0 fully saturated rings. The van der Waals surface area contributed by atoms with Crippen molar-refractivity contribution in [2.45, 2.75) is 0 Å². The summed E-state index contributed by atoms with van der Waals surface area (Å²) in [5.74, 6) is 0. The Labute approximate surface area is 37.5 Å². The molecule has 0 aliphatic rings. The summed E-state index contributed by atoms with van der Waals surface area (Å²) < 4.78 is 0. The molecule has 0 rings (SSSR count). The smallest absolute Gasteiger partial charge is 0.186 e. The zero-order chi connectivity index (χ0) is 2.71. The van der Waals surface area contributed by atoms with Gasteiger partial charge in [-0.2, -0.15) is 9.59 Å². The topological polar surface area (TPSA) is 34.1 Å². The fourth-order valence-electron chi connectivity index (χ4n) is 0. The zero-order valence-corrected chi connectivity index (χ0v) is 4.66. The molecule has 0 radical (unpaired) electrons. The minimum atomic E-state index is 0. The predicted octanol–water partition coefficient (Wildman–Crippen LogP) is -0.586. The van der Waals surface area contributed by atoms with Crippen LogP contribution in [0.25, 0.3) is 0 Å². The van der Waals surface area contributed by atoms with Gasteiger partial charge in [0.15, 0.2) is 0 Å². The first-order valence-electron chi connectivity index (χ1n) is 0.408. The first kappa shape index (κ1) is 8.95. The maximum atomic E-state index is 8.12. The van der Waals surface area contributed by atoms with Gasteiger partial charge < -0.3 is 0 Å². The van der Waals surface area contributed by atoms with Crippen LogP contribution in [0.4, 0.5) is 0 Å². The minimum Gasteiger partial charge on any atom is -0.186 e. The summed E-state index contributed by atoms with van der Waals surface area (Å²) >= 11 is 0. The average Bonchev–Trinajstić information content (AvgIpc) is 0.918. The van der Waals surface area contributed by atoms with Crippen molar-refractivity contribution in [3.8, 4) is 0 Å². The van der Waals surface area contributed by atoms with Crippen LogP contribution in [0.5, 0.6) is 0 Å². The van der Waals surface area contributed by atoms with Crippen LogP contribution in [0.15, 0.2) is 0 Å². The second-order valence-corrected chi connectivity index (χ2v) is 0.0833. The van der Waals surface area contributed by atoms with Crippen molar-refractivity contribution in [2.75, 3.05) is 0 Å². The SMILES string of the molecule is O=C=O.[W]. The maximum Gasteiger partial charge on any atom is 0.373 e. The molecule has 0 spiro atoms. The third-order valence-corrected chi connectivity index (χ3v) is 0. The number of hydrogen-bond acceptors (Lipinski definition) is 2. The summed E-state index contributed by atoms with van der Waals surface area (Å²) in [5.41, 5.74) is 0. The van der Waals surface area contributed by atoms with Gasteiger partial charge in [0.25, 0.3) is 0 Å². The first-order valence-corrected chi connectivity index (χ1v) is 0.408. The summed E-state index contributed by atoms with van der Waals surface area (Å²) in [5, 5.41) is 0. The Hall–Kier alpha value is 0.0683. The Kier molecular flexibility index (Phi) is 25.7. The van der Waals surface area contributed by atoms with E-state index in [-0.39, 0.29) is 27.2 Å². The number of hydrogen-bond donors (Lipinski definition) is 0. The van der Waals surface area contributed by atoms with Gasteiger partial charge in [0.1, 0.15) is 0 Å². The molecule has 0 amide bonds. The van der Waals surface area contributed by atoms with Crippen LogP contribution in [0, 0.1) is 0 Å². The van der Waals surface area contributed by atoms with E-state index in [1.165, 1.54) is 0 Å². The van der Waals surface area contributed by atoms with Crippen molar-refractivity contribution in [2.24, 2.45) is 0 Å². The van der Waals surface area contributed by atoms with Gasteiger partial charge in [-0.3, -0.25) is 0 Å². The van der Waals surface area contributed by atoms with E-state index in [9.17, 15) is 0 Å². The first-order chi connectivity index (χ1) is 1.41. The molecule has 3 heteroatoms. The largest absolute Gasteiger partial charge is 0.373 e. The summed E-state index contributed by atoms with van der Waals surface area (Å²) in [4.78, 5) is 16.2. The van der Waals surface area contributed by atoms with Crippen molar-refractivity contribution >= 4 is 6.15 Å². The van der Waals surface area contributed by atoms with Crippen molar-refractivity contribution in [1.82, 2.24) is 0 Å². The third kappa shape index (κ3) is 506. The van der Waals surface area contributed by atoms with E-state index < -0.39 is 0 Å². The van der Waals surface area contributed by atoms with Gasteiger partial charge in [0, 0.05) is 21.1 Å². The van der Waals surface area contributed by atoms with Crippen molar-refractivity contribution in [1.29, 1.82) is 0 Å². The average molecular weight is 228 g/mol. The van der Waals surface area contributed by atoms with Crippen LogP contribution in [-0.4, -0.2) is 6.15 Å². The standard InChI is InChI=1S/CO2.W/c2-1-3;. The number of rotatable bonds is 0. The van der Waals surface area contributed by atoms with Gasteiger partial charge in [-0.25, -0.2) is 0 Å². The van der Waals surface area contributed by atoms with E-state index in [2.05, 4.69) is 0 Å². The normalized spacial score (nSPS) is 2.00. The fourth-order valence-corrected chi connectivity index (χ4v) is 0. The number of carbonyl (C=O) groups excluding carboxylic acids is 2. The molecular formula is CO2W. The maximum absolute atomic E-state index is 8.12. The molecular weight excluding hydrogens is 228 g/mol. The van der Waals surface area contributed by atoms with E-state index in [1.54, 1.807) is 0 Å². The van der Waals surface area contributed by atoms with E-state index >= 15 is 0 Å². The van der Waals surface area contributed by atoms with Gasteiger partial charge in [-0.05, 0) is 0 Å². The van der Waals surface area contributed by atoms with E-state index in [0.717, 1.165) is 0 Å². The molecule has 22 valence electrons. The summed E-state index contributed by atoms with van der Waals surface area (Å²) in [6.45, 7) is 0. The quantitative estimate of drug-likeness (QED) is 0.555. The molecule has 0 unspecified atom stereocenters. The van der Waals surface area contributed by atoms with Crippen LogP contribution in [0.3, 0.4) is 0 Å². The molecule has 0 N–H and O–H groups in total. The predicted molar refractivity (Wildman–Crippen MR) is 5.01 cm³/mol. The summed E-state index contributed by atoms with van der Waals surface area (Å²) in [6.07, 6.45) is 0.250. The minimum absolute atomic E-state index is 0. The second kappa shape index (κ2) is 11.5. The van der Waals surface area contributed by atoms with Gasteiger partial charge in [0.2, 0.25) is 0 Å². The Bertz CT molecular complexity index is 27.0. The van der Waals surface area contributed by atoms with Crippen LogP contribution >= 0.6 is 0 Å². The van der Waals surface area contributed by atoms with E-state index in [1.807, 2.05) is 0 Å². The molecule has 2 nitrogen and oxygen atoms in total.